The van der Waals surface area contributed by atoms with Crippen molar-refractivity contribution >= 4 is 27.6 Å². The molecule has 35 heavy (non-hydrogen) atoms. The molecule has 0 aliphatic carbocycles. The Morgan fingerprint density at radius 2 is 1.66 bits per heavy atom. The number of fused-ring (bicyclic) bond motifs is 1. The zero-order chi connectivity index (χ0) is 25.2. The number of rotatable bonds is 7. The Bertz CT molecular complexity index is 1360. The predicted octanol–water partition coefficient (Wildman–Crippen LogP) is 3.43. The first kappa shape index (κ1) is 24.3. The third-order valence-corrected chi connectivity index (χ3v) is 7.62. The normalized spacial score (nSPS) is 13.6. The van der Waals surface area contributed by atoms with Crippen LogP contribution >= 0.6 is 0 Å². The average molecular weight is 495 g/mol. The molecule has 0 unspecified atom stereocenters. The van der Waals surface area contributed by atoms with E-state index in [1.165, 1.54) is 34.5 Å². The number of hydrogen-bond donors (Lipinski definition) is 0. The highest BCUT2D eigenvalue weighted by Gasteiger charge is 2.33. The molecule has 9 heteroatoms. The number of likely N-dealkylation sites (N-methyl/N-ethyl adjacent to an activating group) is 1. The summed E-state index contributed by atoms with van der Waals surface area (Å²) in [7, 11) is 0.550. The molecule has 0 aromatic heterocycles. The summed E-state index contributed by atoms with van der Waals surface area (Å²) in [6.45, 7) is 0.306. The summed E-state index contributed by atoms with van der Waals surface area (Å²) in [6.07, 6.45) is -0.597. The van der Waals surface area contributed by atoms with Gasteiger partial charge in [-0.2, -0.15) is 0 Å². The van der Waals surface area contributed by atoms with Crippen molar-refractivity contribution in [2.24, 2.45) is 0 Å². The molecule has 0 spiro atoms. The van der Waals surface area contributed by atoms with Crippen LogP contribution in [0, 0.1) is 0 Å². The molecule has 182 valence electrons. The number of sulfonamides is 1. The molecule has 1 atom stereocenters. The maximum absolute atomic E-state index is 13.5. The van der Waals surface area contributed by atoms with Gasteiger partial charge in [0, 0.05) is 26.2 Å². The molecule has 3 aromatic carbocycles. The first-order chi connectivity index (χ1) is 16.7. The van der Waals surface area contributed by atoms with Crippen LogP contribution < -0.4 is 9.04 Å². The van der Waals surface area contributed by atoms with Crippen LogP contribution in [0.2, 0.25) is 0 Å². The monoisotopic (exact) mass is 494 g/mol. The zero-order valence-electron chi connectivity index (χ0n) is 19.7. The second-order valence-corrected chi connectivity index (χ2v) is 10.1. The molecule has 0 fully saturated rings. The molecular formula is C26H26N2O6S. The quantitative estimate of drug-likeness (QED) is 0.467. The molecule has 0 saturated heterocycles. The molecule has 1 aliphatic rings. The van der Waals surface area contributed by atoms with Crippen molar-refractivity contribution in [1.29, 1.82) is 0 Å². The van der Waals surface area contributed by atoms with Crippen molar-refractivity contribution in [1.82, 2.24) is 4.90 Å². The molecule has 1 heterocycles. The van der Waals surface area contributed by atoms with Crippen molar-refractivity contribution in [3.05, 3.63) is 89.5 Å². The van der Waals surface area contributed by atoms with E-state index in [1.54, 1.807) is 56.6 Å². The van der Waals surface area contributed by atoms with Crippen LogP contribution in [-0.4, -0.2) is 52.9 Å². The number of nitrogens with zero attached hydrogens (tertiary/aromatic N) is 2. The zero-order valence-corrected chi connectivity index (χ0v) is 20.5. The molecule has 0 radical (unpaired) electrons. The molecule has 0 bridgehead atoms. The summed E-state index contributed by atoms with van der Waals surface area (Å²) in [5.41, 5.74) is 1.97. The number of benzene rings is 3. The molecule has 1 amide bonds. The fourth-order valence-electron chi connectivity index (χ4n) is 3.99. The Morgan fingerprint density at radius 1 is 0.971 bits per heavy atom. The van der Waals surface area contributed by atoms with E-state index >= 15 is 0 Å². The number of carbonyl (C=O) groups is 2. The van der Waals surface area contributed by atoms with Crippen LogP contribution in [0.25, 0.3) is 0 Å². The minimum Gasteiger partial charge on any atom is -0.496 e. The average Bonchev–Trinajstić information content (AvgIpc) is 3.32. The van der Waals surface area contributed by atoms with Gasteiger partial charge in [-0.3, -0.25) is 9.10 Å². The first-order valence-electron chi connectivity index (χ1n) is 11.0. The Kier molecular flexibility index (Phi) is 6.79. The number of anilines is 1. The van der Waals surface area contributed by atoms with E-state index in [0.717, 1.165) is 5.56 Å². The lowest BCUT2D eigenvalue weighted by atomic mass is 10.1. The lowest BCUT2D eigenvalue weighted by Crippen LogP contribution is -2.31. The SMILES string of the molecule is COc1ccc(S(=O)(=O)N2CCc3ccccc32)cc1C(=O)O[C@H](C(=O)N(C)C)c1ccccc1. The van der Waals surface area contributed by atoms with Gasteiger partial charge in [0.1, 0.15) is 11.3 Å². The van der Waals surface area contributed by atoms with Gasteiger partial charge in [0.25, 0.3) is 15.9 Å². The molecule has 8 nitrogen and oxygen atoms in total. The van der Waals surface area contributed by atoms with Crippen LogP contribution in [0.3, 0.4) is 0 Å². The Hall–Kier alpha value is -3.85. The smallest absolute Gasteiger partial charge is 0.343 e. The van der Waals surface area contributed by atoms with Gasteiger partial charge in [0.05, 0.1) is 17.7 Å². The van der Waals surface area contributed by atoms with Crippen LogP contribution in [0.4, 0.5) is 5.69 Å². The van der Waals surface area contributed by atoms with Crippen molar-refractivity contribution in [2.45, 2.75) is 17.4 Å². The second kappa shape index (κ2) is 9.79. The number of carbonyl (C=O) groups excluding carboxylic acids is 2. The topological polar surface area (TPSA) is 93.2 Å². The van der Waals surface area contributed by atoms with E-state index in [-0.39, 0.29) is 16.2 Å². The second-order valence-electron chi connectivity index (χ2n) is 8.25. The predicted molar refractivity (Wildman–Crippen MR) is 131 cm³/mol. The number of hydrogen-bond acceptors (Lipinski definition) is 6. The Labute approximate surface area is 204 Å². The number of esters is 1. The Balaban J connectivity index is 1.70. The van der Waals surface area contributed by atoms with Crippen LogP contribution in [0.5, 0.6) is 5.75 Å². The molecule has 0 saturated carbocycles. The van der Waals surface area contributed by atoms with Crippen LogP contribution in [-0.2, 0) is 26.0 Å². The van der Waals surface area contributed by atoms with Crippen molar-refractivity contribution in [2.75, 3.05) is 32.1 Å². The van der Waals surface area contributed by atoms with E-state index in [0.29, 0.717) is 24.2 Å². The summed E-state index contributed by atoms with van der Waals surface area (Å²) in [6, 6.07) is 20.0. The van der Waals surface area contributed by atoms with Crippen molar-refractivity contribution in [3.63, 3.8) is 0 Å². The van der Waals surface area contributed by atoms with Crippen LogP contribution in [0.15, 0.2) is 77.7 Å². The van der Waals surface area contributed by atoms with Gasteiger partial charge < -0.3 is 14.4 Å². The molecule has 1 aliphatic heterocycles. The van der Waals surface area contributed by atoms with E-state index in [2.05, 4.69) is 0 Å². The maximum Gasteiger partial charge on any atom is 0.343 e. The number of ether oxygens (including phenoxy) is 2. The standard InChI is InChI=1S/C26H26N2O6S/c1-27(2)25(29)24(19-10-5-4-6-11-19)34-26(30)21-17-20(13-14-23(21)33-3)35(31,32)28-16-15-18-9-7-8-12-22(18)28/h4-14,17,24H,15-16H2,1-3H3/t24-/m0/s1. The molecular weight excluding hydrogens is 468 g/mol. The molecule has 0 N–H and O–H groups in total. The number of para-hydroxylation sites is 1. The minimum absolute atomic E-state index is 0.0721. The molecule has 4 rings (SSSR count). The first-order valence-corrected chi connectivity index (χ1v) is 12.4. The van der Waals surface area contributed by atoms with Crippen molar-refractivity contribution < 1.29 is 27.5 Å². The summed E-state index contributed by atoms with van der Waals surface area (Å²) in [5.74, 6) is -1.16. The van der Waals surface area contributed by atoms with E-state index in [4.69, 9.17) is 9.47 Å². The fraction of sp³-hybridized carbons (Fsp3) is 0.231. The summed E-state index contributed by atoms with van der Waals surface area (Å²) in [4.78, 5) is 27.3. The Morgan fingerprint density at radius 3 is 2.34 bits per heavy atom. The van der Waals surface area contributed by atoms with Crippen molar-refractivity contribution in [3.8, 4) is 5.75 Å². The van der Waals surface area contributed by atoms with E-state index in [9.17, 15) is 18.0 Å². The number of amides is 1. The summed E-state index contributed by atoms with van der Waals surface area (Å²) < 4.78 is 39.2. The van der Waals surface area contributed by atoms with Gasteiger partial charge in [-0.15, -0.1) is 0 Å². The van der Waals surface area contributed by atoms with Gasteiger partial charge in [0.15, 0.2) is 0 Å². The highest BCUT2D eigenvalue weighted by molar-refractivity contribution is 7.92. The highest BCUT2D eigenvalue weighted by Crippen LogP contribution is 2.34. The lowest BCUT2D eigenvalue weighted by molar-refractivity contribution is -0.138. The third kappa shape index (κ3) is 4.72. The highest BCUT2D eigenvalue weighted by atomic mass is 32.2. The summed E-state index contributed by atoms with van der Waals surface area (Å²) >= 11 is 0. The van der Waals surface area contributed by atoms with Gasteiger partial charge in [0.2, 0.25) is 6.10 Å². The van der Waals surface area contributed by atoms with Gasteiger partial charge in [-0.25, -0.2) is 13.2 Å². The van der Waals surface area contributed by atoms with Gasteiger partial charge >= 0.3 is 5.97 Å². The number of methoxy groups -OCH3 is 1. The molecule has 3 aromatic rings. The lowest BCUT2D eigenvalue weighted by Gasteiger charge is -2.22. The van der Waals surface area contributed by atoms with Gasteiger partial charge in [-0.1, -0.05) is 48.5 Å². The summed E-state index contributed by atoms with van der Waals surface area (Å²) in [5, 5.41) is 0. The van der Waals surface area contributed by atoms with E-state index < -0.39 is 28.0 Å². The van der Waals surface area contributed by atoms with Gasteiger partial charge in [-0.05, 0) is 36.2 Å². The minimum atomic E-state index is -3.95. The fourth-order valence-corrected chi connectivity index (χ4v) is 5.52. The maximum atomic E-state index is 13.5. The largest absolute Gasteiger partial charge is 0.496 e. The van der Waals surface area contributed by atoms with Crippen LogP contribution in [0.1, 0.15) is 27.6 Å². The third-order valence-electron chi connectivity index (χ3n) is 5.82. The van der Waals surface area contributed by atoms with E-state index in [1.807, 2.05) is 12.1 Å².